The summed E-state index contributed by atoms with van der Waals surface area (Å²) in [7, 11) is 1.86. The highest BCUT2D eigenvalue weighted by atomic mass is 35.5. The summed E-state index contributed by atoms with van der Waals surface area (Å²) in [5.74, 6) is 0.333. The SMILES string of the molecule is Cc1nc(Cl)nc(N(C)C2CCCCCC2)c1[N+](=O)[O-]. The summed E-state index contributed by atoms with van der Waals surface area (Å²) in [6.45, 7) is 1.59. The van der Waals surface area contributed by atoms with Crippen molar-refractivity contribution in [1.82, 2.24) is 9.97 Å². The molecule has 0 unspecified atom stereocenters. The van der Waals surface area contributed by atoms with E-state index in [-0.39, 0.29) is 17.0 Å². The van der Waals surface area contributed by atoms with E-state index in [0.29, 0.717) is 11.5 Å². The molecule has 0 bridgehead atoms. The van der Waals surface area contributed by atoms with Crippen LogP contribution in [0.25, 0.3) is 0 Å². The second-order valence-electron chi connectivity index (χ2n) is 5.26. The van der Waals surface area contributed by atoms with Gasteiger partial charge in [0.05, 0.1) is 4.92 Å². The van der Waals surface area contributed by atoms with Crippen molar-refractivity contribution in [2.24, 2.45) is 0 Å². The molecule has 1 aromatic heterocycles. The summed E-state index contributed by atoms with van der Waals surface area (Å²) in [6, 6.07) is 0.279. The second kappa shape index (κ2) is 6.35. The summed E-state index contributed by atoms with van der Waals surface area (Å²) >= 11 is 5.87. The monoisotopic (exact) mass is 298 g/mol. The lowest BCUT2D eigenvalue weighted by molar-refractivity contribution is -0.385. The Hall–Kier alpha value is -1.43. The number of aromatic nitrogens is 2. The largest absolute Gasteiger partial charge is 0.351 e. The van der Waals surface area contributed by atoms with Crippen LogP contribution in [0.5, 0.6) is 0 Å². The van der Waals surface area contributed by atoms with Crippen molar-refractivity contribution in [3.05, 3.63) is 21.1 Å². The van der Waals surface area contributed by atoms with Gasteiger partial charge in [0.1, 0.15) is 5.69 Å². The molecule has 110 valence electrons. The molecule has 0 aromatic carbocycles. The average molecular weight is 299 g/mol. The molecule has 6 nitrogen and oxygen atoms in total. The lowest BCUT2D eigenvalue weighted by Crippen LogP contribution is -2.32. The fourth-order valence-corrected chi connectivity index (χ4v) is 3.00. The van der Waals surface area contributed by atoms with E-state index in [1.165, 1.54) is 12.8 Å². The van der Waals surface area contributed by atoms with Crippen molar-refractivity contribution >= 4 is 23.1 Å². The second-order valence-corrected chi connectivity index (χ2v) is 5.60. The smallest absolute Gasteiger partial charge is 0.332 e. The number of aryl methyl sites for hydroxylation is 1. The van der Waals surface area contributed by atoms with Crippen LogP contribution in [0.4, 0.5) is 11.5 Å². The predicted molar refractivity (Wildman–Crippen MR) is 78.3 cm³/mol. The average Bonchev–Trinajstić information content (AvgIpc) is 2.65. The van der Waals surface area contributed by atoms with Gasteiger partial charge < -0.3 is 4.90 Å². The Morgan fingerprint density at radius 3 is 2.40 bits per heavy atom. The van der Waals surface area contributed by atoms with E-state index < -0.39 is 4.92 Å². The normalized spacial score (nSPS) is 16.8. The van der Waals surface area contributed by atoms with Crippen LogP contribution < -0.4 is 4.90 Å². The molecular weight excluding hydrogens is 280 g/mol. The van der Waals surface area contributed by atoms with E-state index in [1.807, 2.05) is 11.9 Å². The van der Waals surface area contributed by atoms with Gasteiger partial charge in [0, 0.05) is 13.1 Å². The maximum atomic E-state index is 11.3. The molecule has 1 aromatic rings. The van der Waals surface area contributed by atoms with Crippen molar-refractivity contribution in [1.29, 1.82) is 0 Å². The first-order chi connectivity index (χ1) is 9.50. The Morgan fingerprint density at radius 1 is 1.25 bits per heavy atom. The van der Waals surface area contributed by atoms with E-state index in [9.17, 15) is 10.1 Å². The number of anilines is 1. The van der Waals surface area contributed by atoms with Gasteiger partial charge in [-0.3, -0.25) is 10.1 Å². The van der Waals surface area contributed by atoms with Crippen molar-refractivity contribution in [2.75, 3.05) is 11.9 Å². The summed E-state index contributed by atoms with van der Waals surface area (Å²) in [4.78, 5) is 20.7. The molecule has 0 atom stereocenters. The lowest BCUT2D eigenvalue weighted by atomic mass is 10.1. The molecule has 1 aliphatic carbocycles. The Kier molecular flexibility index (Phi) is 4.75. The zero-order valence-corrected chi connectivity index (χ0v) is 12.6. The molecule has 1 heterocycles. The quantitative estimate of drug-likeness (QED) is 0.369. The number of nitrogens with zero attached hydrogens (tertiary/aromatic N) is 4. The van der Waals surface area contributed by atoms with E-state index in [1.54, 1.807) is 6.92 Å². The number of halogens is 1. The van der Waals surface area contributed by atoms with Crippen molar-refractivity contribution in [2.45, 2.75) is 51.5 Å². The molecule has 0 radical (unpaired) electrons. The number of hydrogen-bond donors (Lipinski definition) is 0. The molecular formula is C13H19ClN4O2. The molecule has 7 heteroatoms. The first-order valence-electron chi connectivity index (χ1n) is 6.92. The van der Waals surface area contributed by atoms with E-state index in [2.05, 4.69) is 9.97 Å². The van der Waals surface area contributed by atoms with Gasteiger partial charge in [0.25, 0.3) is 0 Å². The van der Waals surface area contributed by atoms with E-state index in [4.69, 9.17) is 11.6 Å². The molecule has 0 saturated heterocycles. The van der Waals surface area contributed by atoms with Gasteiger partial charge >= 0.3 is 5.69 Å². The van der Waals surface area contributed by atoms with Crippen LogP contribution in [-0.2, 0) is 0 Å². The first-order valence-corrected chi connectivity index (χ1v) is 7.30. The number of nitro groups is 1. The minimum absolute atomic E-state index is 0.0406. The van der Waals surface area contributed by atoms with E-state index in [0.717, 1.165) is 25.7 Å². The standard InChI is InChI=1S/C13H19ClN4O2/c1-9-11(18(19)20)12(16-13(14)15-9)17(2)10-7-5-3-4-6-8-10/h10H,3-8H2,1-2H3. The summed E-state index contributed by atoms with van der Waals surface area (Å²) in [5, 5.41) is 11.3. The van der Waals surface area contributed by atoms with Crippen molar-refractivity contribution in [3.8, 4) is 0 Å². The Balaban J connectivity index is 2.37. The van der Waals surface area contributed by atoms with Gasteiger partial charge in [-0.25, -0.2) is 4.98 Å². The van der Waals surface area contributed by atoms with Crippen LogP contribution in [0.3, 0.4) is 0 Å². The Bertz CT molecular complexity index is 501. The Labute approximate surface area is 123 Å². The zero-order chi connectivity index (χ0) is 14.7. The van der Waals surface area contributed by atoms with Gasteiger partial charge in [0.15, 0.2) is 0 Å². The third-order valence-corrected chi connectivity index (χ3v) is 4.07. The molecule has 20 heavy (non-hydrogen) atoms. The fraction of sp³-hybridized carbons (Fsp3) is 0.692. The fourth-order valence-electron chi connectivity index (χ4n) is 2.80. The third kappa shape index (κ3) is 3.17. The molecule has 1 aliphatic rings. The van der Waals surface area contributed by atoms with Gasteiger partial charge in [-0.05, 0) is 31.4 Å². The van der Waals surface area contributed by atoms with Gasteiger partial charge in [-0.2, -0.15) is 4.98 Å². The molecule has 1 fully saturated rings. The maximum absolute atomic E-state index is 11.3. The predicted octanol–water partition coefficient (Wildman–Crippen LogP) is 3.51. The minimum atomic E-state index is -0.422. The zero-order valence-electron chi connectivity index (χ0n) is 11.8. The molecule has 2 rings (SSSR count). The summed E-state index contributed by atoms with van der Waals surface area (Å²) < 4.78 is 0. The lowest BCUT2D eigenvalue weighted by Gasteiger charge is -2.28. The Morgan fingerprint density at radius 2 is 1.85 bits per heavy atom. The molecule has 0 aliphatic heterocycles. The maximum Gasteiger partial charge on any atom is 0.332 e. The van der Waals surface area contributed by atoms with Crippen LogP contribution in [0.2, 0.25) is 5.28 Å². The highest BCUT2D eigenvalue weighted by Crippen LogP contribution is 2.33. The number of rotatable bonds is 3. The van der Waals surface area contributed by atoms with Gasteiger partial charge in [0.2, 0.25) is 11.1 Å². The van der Waals surface area contributed by atoms with Crippen LogP contribution in [0, 0.1) is 17.0 Å². The third-order valence-electron chi connectivity index (χ3n) is 3.90. The van der Waals surface area contributed by atoms with Gasteiger partial charge in [-0.15, -0.1) is 0 Å². The molecule has 0 amide bonds. The molecule has 0 spiro atoms. The van der Waals surface area contributed by atoms with Crippen molar-refractivity contribution in [3.63, 3.8) is 0 Å². The highest BCUT2D eigenvalue weighted by Gasteiger charge is 2.28. The van der Waals surface area contributed by atoms with Crippen molar-refractivity contribution < 1.29 is 4.92 Å². The van der Waals surface area contributed by atoms with E-state index >= 15 is 0 Å². The molecule has 1 saturated carbocycles. The minimum Gasteiger partial charge on any atom is -0.351 e. The summed E-state index contributed by atoms with van der Waals surface area (Å²) in [5.41, 5.74) is 0.270. The highest BCUT2D eigenvalue weighted by molar-refractivity contribution is 6.28. The van der Waals surface area contributed by atoms with Crippen LogP contribution in [0.1, 0.15) is 44.2 Å². The van der Waals surface area contributed by atoms with Gasteiger partial charge in [-0.1, -0.05) is 25.7 Å². The van der Waals surface area contributed by atoms with Crippen LogP contribution >= 0.6 is 11.6 Å². The summed E-state index contributed by atoms with van der Waals surface area (Å²) in [6.07, 6.45) is 6.84. The molecule has 0 N–H and O–H groups in total. The topological polar surface area (TPSA) is 72.2 Å². The van der Waals surface area contributed by atoms with Crippen LogP contribution in [0.15, 0.2) is 0 Å². The van der Waals surface area contributed by atoms with Crippen LogP contribution in [-0.4, -0.2) is 28.0 Å². The number of hydrogen-bond acceptors (Lipinski definition) is 5. The first kappa shape index (κ1) is 15.0.